The van der Waals surface area contributed by atoms with E-state index in [9.17, 15) is 20.0 Å². The van der Waals surface area contributed by atoms with E-state index in [1.807, 2.05) is 0 Å². The Labute approximate surface area is 133 Å². The van der Waals surface area contributed by atoms with Crippen molar-refractivity contribution in [1.82, 2.24) is 5.32 Å². The number of furan rings is 1. The number of carbonyl (C=O) groups excluding carboxylic acids is 1. The molecule has 122 valence electrons. The third-order valence-electron chi connectivity index (χ3n) is 3.49. The van der Waals surface area contributed by atoms with Crippen LogP contribution in [0.2, 0.25) is 0 Å². The summed E-state index contributed by atoms with van der Waals surface area (Å²) in [6, 6.07) is 7.14. The first-order chi connectivity index (χ1) is 10.9. The molecular formula is C16H18N2O5. The molecule has 2 aromatic rings. The molecule has 1 amide bonds. The first kappa shape index (κ1) is 16.7. The number of rotatable bonds is 6. The van der Waals surface area contributed by atoms with Crippen molar-refractivity contribution < 1.29 is 19.2 Å². The van der Waals surface area contributed by atoms with Crippen molar-refractivity contribution in [3.63, 3.8) is 0 Å². The topological polar surface area (TPSA) is 106 Å². The average molecular weight is 318 g/mol. The third-order valence-corrected chi connectivity index (χ3v) is 3.49. The SMILES string of the molecule is Cc1cc([N+](=O)[O-])ccc1C(=O)NC(C)CC(O)c1ccco1. The smallest absolute Gasteiger partial charge is 0.269 e. The van der Waals surface area contributed by atoms with Crippen LogP contribution in [0.4, 0.5) is 5.69 Å². The molecule has 0 aliphatic rings. The Kier molecular flexibility index (Phi) is 5.13. The standard InChI is InChI=1S/C16H18N2O5/c1-10-8-12(18(21)22)5-6-13(10)16(20)17-11(2)9-14(19)15-4-3-7-23-15/h3-8,11,14,19H,9H2,1-2H3,(H,17,20). The number of non-ortho nitro benzene ring substituents is 1. The fourth-order valence-electron chi connectivity index (χ4n) is 2.31. The summed E-state index contributed by atoms with van der Waals surface area (Å²) in [5, 5.41) is 23.5. The van der Waals surface area contributed by atoms with Gasteiger partial charge in [-0.2, -0.15) is 0 Å². The first-order valence-electron chi connectivity index (χ1n) is 7.16. The number of amides is 1. The lowest BCUT2D eigenvalue weighted by Crippen LogP contribution is -2.34. The van der Waals surface area contributed by atoms with Crippen molar-refractivity contribution in [2.45, 2.75) is 32.4 Å². The molecule has 1 aromatic heterocycles. The summed E-state index contributed by atoms with van der Waals surface area (Å²) in [5.41, 5.74) is 0.839. The molecule has 1 heterocycles. The normalized spacial score (nSPS) is 13.3. The van der Waals surface area contributed by atoms with Gasteiger partial charge in [0.15, 0.2) is 0 Å². The predicted octanol–water partition coefficient (Wildman–Crippen LogP) is 2.74. The van der Waals surface area contributed by atoms with Gasteiger partial charge in [0.1, 0.15) is 11.9 Å². The van der Waals surface area contributed by atoms with Crippen molar-refractivity contribution >= 4 is 11.6 Å². The number of nitrogens with zero attached hydrogens (tertiary/aromatic N) is 1. The minimum Gasteiger partial charge on any atom is -0.467 e. The molecule has 0 spiro atoms. The van der Waals surface area contributed by atoms with Crippen LogP contribution in [-0.2, 0) is 0 Å². The van der Waals surface area contributed by atoms with E-state index in [1.165, 1.54) is 24.5 Å². The Morgan fingerprint density at radius 2 is 2.17 bits per heavy atom. The van der Waals surface area contributed by atoms with Crippen LogP contribution in [0.1, 0.15) is 41.1 Å². The summed E-state index contributed by atoms with van der Waals surface area (Å²) >= 11 is 0. The summed E-state index contributed by atoms with van der Waals surface area (Å²) in [6.45, 7) is 3.41. The maximum Gasteiger partial charge on any atom is 0.269 e. The number of aliphatic hydroxyl groups is 1. The van der Waals surface area contributed by atoms with Gasteiger partial charge < -0.3 is 14.8 Å². The number of nitrogens with one attached hydrogen (secondary N) is 1. The van der Waals surface area contributed by atoms with Crippen LogP contribution in [0.3, 0.4) is 0 Å². The highest BCUT2D eigenvalue weighted by molar-refractivity contribution is 5.96. The van der Waals surface area contributed by atoms with Gasteiger partial charge in [0, 0.05) is 30.2 Å². The molecule has 0 saturated carbocycles. The first-order valence-corrected chi connectivity index (χ1v) is 7.16. The Hall–Kier alpha value is -2.67. The van der Waals surface area contributed by atoms with Crippen LogP contribution in [0.5, 0.6) is 0 Å². The van der Waals surface area contributed by atoms with E-state index < -0.39 is 11.0 Å². The zero-order chi connectivity index (χ0) is 17.0. The van der Waals surface area contributed by atoms with Gasteiger partial charge in [0.05, 0.1) is 11.2 Å². The Morgan fingerprint density at radius 3 is 2.74 bits per heavy atom. The summed E-state index contributed by atoms with van der Waals surface area (Å²) in [6.07, 6.45) is 0.964. The van der Waals surface area contributed by atoms with Crippen molar-refractivity contribution in [1.29, 1.82) is 0 Å². The number of benzene rings is 1. The monoisotopic (exact) mass is 318 g/mol. The molecule has 2 unspecified atom stereocenters. The lowest BCUT2D eigenvalue weighted by molar-refractivity contribution is -0.384. The van der Waals surface area contributed by atoms with Gasteiger partial charge in [0.2, 0.25) is 0 Å². The summed E-state index contributed by atoms with van der Waals surface area (Å²) in [7, 11) is 0. The number of aliphatic hydroxyl groups excluding tert-OH is 1. The molecule has 1 aromatic carbocycles. The minimum absolute atomic E-state index is 0.0552. The molecule has 0 aliphatic heterocycles. The maximum atomic E-state index is 12.2. The van der Waals surface area contributed by atoms with Gasteiger partial charge in [-0.05, 0) is 37.6 Å². The van der Waals surface area contributed by atoms with Gasteiger partial charge in [-0.25, -0.2) is 0 Å². The lowest BCUT2D eigenvalue weighted by atomic mass is 10.1. The van der Waals surface area contributed by atoms with Crippen molar-refractivity contribution in [3.05, 3.63) is 63.6 Å². The molecule has 0 radical (unpaired) electrons. The van der Waals surface area contributed by atoms with E-state index in [0.717, 1.165) is 0 Å². The highest BCUT2D eigenvalue weighted by Gasteiger charge is 2.19. The average Bonchev–Trinajstić information content (AvgIpc) is 3.00. The molecule has 7 nitrogen and oxygen atoms in total. The van der Waals surface area contributed by atoms with E-state index in [1.54, 1.807) is 26.0 Å². The molecular weight excluding hydrogens is 300 g/mol. The second kappa shape index (κ2) is 7.06. The predicted molar refractivity (Wildman–Crippen MR) is 83.0 cm³/mol. The van der Waals surface area contributed by atoms with Gasteiger partial charge >= 0.3 is 0 Å². The molecule has 2 atom stereocenters. The van der Waals surface area contributed by atoms with Crippen molar-refractivity contribution in [2.24, 2.45) is 0 Å². The molecule has 2 rings (SSSR count). The summed E-state index contributed by atoms with van der Waals surface area (Å²) in [5.74, 6) is 0.106. The minimum atomic E-state index is -0.807. The third kappa shape index (κ3) is 4.17. The van der Waals surface area contributed by atoms with Crippen LogP contribution in [-0.4, -0.2) is 22.0 Å². The highest BCUT2D eigenvalue weighted by Crippen LogP contribution is 2.20. The summed E-state index contributed by atoms with van der Waals surface area (Å²) in [4.78, 5) is 22.5. The second-order valence-electron chi connectivity index (χ2n) is 5.40. The van der Waals surface area contributed by atoms with E-state index >= 15 is 0 Å². The van der Waals surface area contributed by atoms with Crippen LogP contribution < -0.4 is 5.32 Å². The van der Waals surface area contributed by atoms with Crippen molar-refractivity contribution in [2.75, 3.05) is 0 Å². The van der Waals surface area contributed by atoms with Gasteiger partial charge in [-0.3, -0.25) is 14.9 Å². The number of nitro groups is 1. The number of hydrogen-bond acceptors (Lipinski definition) is 5. The number of hydrogen-bond donors (Lipinski definition) is 2. The van der Waals surface area contributed by atoms with Crippen LogP contribution in [0, 0.1) is 17.0 Å². The molecule has 23 heavy (non-hydrogen) atoms. The largest absolute Gasteiger partial charge is 0.467 e. The van der Waals surface area contributed by atoms with Gasteiger partial charge in [-0.15, -0.1) is 0 Å². The van der Waals surface area contributed by atoms with Crippen molar-refractivity contribution in [3.8, 4) is 0 Å². The van der Waals surface area contributed by atoms with Crippen LogP contribution >= 0.6 is 0 Å². The number of carbonyl (C=O) groups is 1. The van der Waals surface area contributed by atoms with Gasteiger partial charge in [-0.1, -0.05) is 0 Å². The maximum absolute atomic E-state index is 12.2. The van der Waals surface area contributed by atoms with E-state index in [-0.39, 0.29) is 17.6 Å². The zero-order valence-corrected chi connectivity index (χ0v) is 12.9. The molecule has 0 saturated heterocycles. The number of nitro benzene ring substituents is 1. The fraction of sp³-hybridized carbons (Fsp3) is 0.312. The second-order valence-corrected chi connectivity index (χ2v) is 5.40. The summed E-state index contributed by atoms with van der Waals surface area (Å²) < 4.78 is 5.11. The highest BCUT2D eigenvalue weighted by atomic mass is 16.6. The van der Waals surface area contributed by atoms with E-state index in [2.05, 4.69) is 5.32 Å². The Balaban J connectivity index is 1.99. The van der Waals surface area contributed by atoms with E-state index in [0.29, 0.717) is 23.3 Å². The molecule has 0 fully saturated rings. The number of aryl methyl sites for hydroxylation is 1. The Morgan fingerprint density at radius 1 is 1.43 bits per heavy atom. The molecule has 0 aliphatic carbocycles. The molecule has 2 N–H and O–H groups in total. The molecule has 0 bridgehead atoms. The van der Waals surface area contributed by atoms with Gasteiger partial charge in [0.25, 0.3) is 11.6 Å². The molecule has 7 heteroatoms. The van der Waals surface area contributed by atoms with E-state index in [4.69, 9.17) is 4.42 Å². The zero-order valence-electron chi connectivity index (χ0n) is 12.9. The fourth-order valence-corrected chi connectivity index (χ4v) is 2.31. The van der Waals surface area contributed by atoms with Crippen LogP contribution in [0.15, 0.2) is 41.0 Å². The Bertz CT molecular complexity index is 697. The van der Waals surface area contributed by atoms with Crippen LogP contribution in [0.25, 0.3) is 0 Å². The quantitative estimate of drug-likeness (QED) is 0.629. The lowest BCUT2D eigenvalue weighted by Gasteiger charge is -2.17.